The molecule has 0 bridgehead atoms. The lowest BCUT2D eigenvalue weighted by Crippen LogP contribution is -3.12. The maximum absolute atomic E-state index is 13.1. The lowest BCUT2D eigenvalue weighted by molar-refractivity contribution is -0.900. The average molecular weight is 371 g/mol. The van der Waals surface area contributed by atoms with E-state index >= 15 is 0 Å². The van der Waals surface area contributed by atoms with E-state index in [1.165, 1.54) is 4.90 Å². The molecule has 4 nitrogen and oxygen atoms in total. The van der Waals surface area contributed by atoms with Gasteiger partial charge in [-0.05, 0) is 31.9 Å². The molecular weight excluding hydrogens is 338 g/mol. The van der Waals surface area contributed by atoms with Crippen LogP contribution >= 0.6 is 0 Å². The van der Waals surface area contributed by atoms with Crippen LogP contribution in [0.1, 0.15) is 38.8 Å². The molecule has 2 aromatic rings. The van der Waals surface area contributed by atoms with Crippen molar-refractivity contribution < 1.29 is 19.5 Å². The maximum atomic E-state index is 13.1. The smallest absolute Gasteiger partial charge is 0.347 e. The van der Waals surface area contributed by atoms with Crippen LogP contribution in [0.3, 0.4) is 0 Å². The summed E-state index contributed by atoms with van der Waals surface area (Å²) >= 11 is 0. The van der Waals surface area contributed by atoms with E-state index in [0.717, 1.165) is 19.6 Å². The molecule has 0 unspecified atom stereocenters. The van der Waals surface area contributed by atoms with Crippen molar-refractivity contribution in [3.63, 3.8) is 0 Å². The van der Waals surface area contributed by atoms with Crippen LogP contribution in [0.2, 0.25) is 0 Å². The summed E-state index contributed by atoms with van der Waals surface area (Å²) in [6.45, 7) is 11.3. The van der Waals surface area contributed by atoms with Gasteiger partial charge in [0.25, 0.3) is 0 Å². The van der Waals surface area contributed by atoms with E-state index in [1.807, 2.05) is 43.3 Å². The molecule has 0 aromatic heterocycles. The Hall–Kier alpha value is -2.17. The van der Waals surface area contributed by atoms with Crippen LogP contribution in [0, 0.1) is 5.92 Å². The molecule has 0 saturated carbocycles. The molecule has 4 heteroatoms. The molecule has 0 heterocycles. The first-order chi connectivity index (χ1) is 12.9. The fourth-order valence-corrected chi connectivity index (χ4v) is 3.29. The number of hydrogen-bond acceptors (Lipinski definition) is 3. The van der Waals surface area contributed by atoms with Crippen molar-refractivity contribution in [2.24, 2.45) is 5.92 Å². The summed E-state index contributed by atoms with van der Waals surface area (Å²) in [6.07, 6.45) is -0.287. The molecule has 0 aliphatic carbocycles. The molecule has 146 valence electrons. The fourth-order valence-electron chi connectivity index (χ4n) is 3.29. The molecule has 0 radical (unpaired) electrons. The Bertz CT molecular complexity index is 659. The number of carbonyl (C=O) groups is 1. The number of nitrogens with one attached hydrogen (secondary N) is 1. The number of hydrogen-bond donors (Lipinski definition) is 2. The molecule has 27 heavy (non-hydrogen) atoms. The van der Waals surface area contributed by atoms with Gasteiger partial charge in [0.15, 0.2) is 0 Å². The molecule has 2 aromatic carbocycles. The predicted octanol–water partition coefficient (Wildman–Crippen LogP) is 2.42. The second-order valence-corrected chi connectivity index (χ2v) is 7.19. The summed E-state index contributed by atoms with van der Waals surface area (Å²) in [5.41, 5.74) is -0.802. The van der Waals surface area contributed by atoms with Gasteiger partial charge in [-0.25, -0.2) is 4.79 Å². The van der Waals surface area contributed by atoms with E-state index in [2.05, 4.69) is 20.8 Å². The first-order valence-electron chi connectivity index (χ1n) is 9.81. The van der Waals surface area contributed by atoms with E-state index in [1.54, 1.807) is 24.3 Å². The summed E-state index contributed by atoms with van der Waals surface area (Å²) in [4.78, 5) is 14.6. The average Bonchev–Trinajstić information content (AvgIpc) is 2.72. The number of benzene rings is 2. The topological polar surface area (TPSA) is 51.0 Å². The minimum absolute atomic E-state index is 0.194. The number of rotatable bonds is 9. The third-order valence-electron chi connectivity index (χ3n) is 5.38. The highest BCUT2D eigenvalue weighted by Crippen LogP contribution is 2.31. The number of quaternary nitrogens is 1. The molecular formula is C23H32NO3+. The Morgan fingerprint density at radius 3 is 1.81 bits per heavy atom. The minimum Gasteiger partial charge on any atom is -0.459 e. The molecule has 0 amide bonds. The third-order valence-corrected chi connectivity index (χ3v) is 5.38. The molecule has 0 spiro atoms. The molecule has 0 fully saturated rings. The zero-order chi connectivity index (χ0) is 19.9. The molecule has 2 N–H and O–H groups in total. The van der Waals surface area contributed by atoms with Gasteiger partial charge in [0.05, 0.1) is 19.6 Å². The first-order valence-corrected chi connectivity index (χ1v) is 9.81. The van der Waals surface area contributed by atoms with E-state index in [4.69, 9.17) is 4.74 Å². The van der Waals surface area contributed by atoms with Crippen LogP contribution in [0.4, 0.5) is 0 Å². The van der Waals surface area contributed by atoms with Gasteiger partial charge in [0.2, 0.25) is 5.60 Å². The van der Waals surface area contributed by atoms with Crippen molar-refractivity contribution >= 4 is 5.97 Å². The van der Waals surface area contributed by atoms with Crippen molar-refractivity contribution in [3.05, 3.63) is 71.8 Å². The number of aliphatic hydroxyl groups is 1. The van der Waals surface area contributed by atoms with Gasteiger partial charge in [-0.1, -0.05) is 67.6 Å². The second kappa shape index (κ2) is 9.67. The Morgan fingerprint density at radius 1 is 0.963 bits per heavy atom. The van der Waals surface area contributed by atoms with Crippen LogP contribution in [0.25, 0.3) is 0 Å². The van der Waals surface area contributed by atoms with Gasteiger partial charge in [0.1, 0.15) is 6.10 Å². The third kappa shape index (κ3) is 4.96. The van der Waals surface area contributed by atoms with Gasteiger partial charge in [-0.3, -0.25) is 0 Å². The standard InChI is InChI=1S/C23H31NO3/c1-5-24(6-2)17-18(3)19(4)27-22(25)23(26,20-13-9-7-10-14-20)21-15-11-8-12-16-21/h7-16,18-19,26H,5-6,17H2,1-4H3/p+1/t18-,19+/m1/s1. The van der Waals surface area contributed by atoms with Crippen molar-refractivity contribution in [1.29, 1.82) is 0 Å². The van der Waals surface area contributed by atoms with Crippen LogP contribution in [-0.4, -0.2) is 36.8 Å². The summed E-state index contributed by atoms with van der Waals surface area (Å²) < 4.78 is 5.77. The Morgan fingerprint density at radius 2 is 1.41 bits per heavy atom. The van der Waals surface area contributed by atoms with Gasteiger partial charge in [0, 0.05) is 5.92 Å². The highest BCUT2D eigenvalue weighted by Gasteiger charge is 2.42. The minimum atomic E-state index is -1.82. The highest BCUT2D eigenvalue weighted by atomic mass is 16.6. The fraction of sp³-hybridized carbons (Fsp3) is 0.435. The summed E-state index contributed by atoms with van der Waals surface area (Å²) in [5.74, 6) is -0.437. The molecule has 0 aliphatic heterocycles. The van der Waals surface area contributed by atoms with Gasteiger partial charge < -0.3 is 14.7 Å². The van der Waals surface area contributed by atoms with Crippen LogP contribution in [0.15, 0.2) is 60.7 Å². The van der Waals surface area contributed by atoms with Crippen molar-refractivity contribution in [1.82, 2.24) is 0 Å². The lowest BCUT2D eigenvalue weighted by atomic mass is 9.86. The summed E-state index contributed by atoms with van der Waals surface area (Å²) in [6, 6.07) is 18.0. The van der Waals surface area contributed by atoms with Crippen LogP contribution < -0.4 is 4.90 Å². The van der Waals surface area contributed by atoms with Crippen molar-refractivity contribution in [2.45, 2.75) is 39.4 Å². The monoisotopic (exact) mass is 370 g/mol. The van der Waals surface area contributed by atoms with Gasteiger partial charge in [-0.15, -0.1) is 0 Å². The summed E-state index contributed by atoms with van der Waals surface area (Å²) in [5, 5.41) is 11.4. The van der Waals surface area contributed by atoms with E-state index in [-0.39, 0.29) is 12.0 Å². The zero-order valence-electron chi connectivity index (χ0n) is 16.8. The largest absolute Gasteiger partial charge is 0.459 e. The molecule has 0 saturated heterocycles. The van der Waals surface area contributed by atoms with Crippen LogP contribution in [0.5, 0.6) is 0 Å². The molecule has 2 atom stereocenters. The summed E-state index contributed by atoms with van der Waals surface area (Å²) in [7, 11) is 0. The van der Waals surface area contributed by atoms with Crippen molar-refractivity contribution in [3.8, 4) is 0 Å². The number of carbonyl (C=O) groups excluding carboxylic acids is 1. The molecule has 2 rings (SSSR count). The second-order valence-electron chi connectivity index (χ2n) is 7.19. The Kier molecular flexibility index (Phi) is 7.57. The van der Waals surface area contributed by atoms with E-state index < -0.39 is 11.6 Å². The quantitative estimate of drug-likeness (QED) is 0.667. The van der Waals surface area contributed by atoms with E-state index in [0.29, 0.717) is 11.1 Å². The lowest BCUT2D eigenvalue weighted by Gasteiger charge is -2.31. The molecule has 0 aliphatic rings. The maximum Gasteiger partial charge on any atom is 0.347 e. The van der Waals surface area contributed by atoms with Gasteiger partial charge in [-0.2, -0.15) is 0 Å². The predicted molar refractivity (Wildman–Crippen MR) is 108 cm³/mol. The first kappa shape index (κ1) is 21.1. The normalized spacial score (nSPS) is 14.0. The van der Waals surface area contributed by atoms with Crippen LogP contribution in [-0.2, 0) is 15.1 Å². The van der Waals surface area contributed by atoms with E-state index in [9.17, 15) is 9.90 Å². The number of esters is 1. The SMILES string of the molecule is CC[NH+](CC)C[C@@H](C)[C@H](C)OC(=O)C(O)(c1ccccc1)c1ccccc1. The Labute approximate surface area is 162 Å². The van der Waals surface area contributed by atoms with Crippen molar-refractivity contribution in [2.75, 3.05) is 19.6 Å². The highest BCUT2D eigenvalue weighted by molar-refractivity contribution is 5.85. The number of ether oxygens (including phenoxy) is 1. The zero-order valence-corrected chi connectivity index (χ0v) is 16.8. The Balaban J connectivity index is 2.25. The van der Waals surface area contributed by atoms with Gasteiger partial charge >= 0.3 is 5.97 Å².